The lowest BCUT2D eigenvalue weighted by molar-refractivity contribution is 0.0470. The van der Waals surface area contributed by atoms with Gasteiger partial charge in [-0.1, -0.05) is 42.5 Å². The third-order valence-electron chi connectivity index (χ3n) is 6.02. The number of carbonyl (C=O) groups excluding carboxylic acids is 3. The average Bonchev–Trinajstić information content (AvgIpc) is 3.61. The topological polar surface area (TPSA) is 68.6 Å². The standard InChI is InChI=1S/C27H28N2O4/c1-18-15-24(19(2)29(18)21-13-14-21)25(30)17-33-27(32)23-12-8-7-11-22(23)26(31)28(3)16-20-9-5-4-6-10-20/h4-12,15,21H,13-14,16-17H2,1-3H3. The highest BCUT2D eigenvalue weighted by atomic mass is 16.5. The number of Topliss-reactive ketones (excluding diaryl/α,β-unsaturated/α-hetero) is 1. The Kier molecular flexibility index (Phi) is 6.45. The van der Waals surface area contributed by atoms with Crippen molar-refractivity contribution in [2.75, 3.05) is 13.7 Å². The summed E-state index contributed by atoms with van der Waals surface area (Å²) in [6, 6.07) is 18.5. The highest BCUT2D eigenvalue weighted by Crippen LogP contribution is 2.38. The molecule has 0 bridgehead atoms. The molecule has 170 valence electrons. The van der Waals surface area contributed by atoms with E-state index in [1.54, 1.807) is 36.2 Å². The lowest BCUT2D eigenvalue weighted by Crippen LogP contribution is -2.28. The van der Waals surface area contributed by atoms with E-state index in [1.165, 1.54) is 0 Å². The van der Waals surface area contributed by atoms with Crippen LogP contribution in [0.3, 0.4) is 0 Å². The first-order valence-corrected chi connectivity index (χ1v) is 11.1. The number of aromatic nitrogens is 1. The van der Waals surface area contributed by atoms with Crippen LogP contribution in [0, 0.1) is 13.8 Å². The van der Waals surface area contributed by atoms with Crippen molar-refractivity contribution in [3.63, 3.8) is 0 Å². The van der Waals surface area contributed by atoms with Crippen LogP contribution in [0.5, 0.6) is 0 Å². The van der Waals surface area contributed by atoms with Crippen molar-refractivity contribution in [1.29, 1.82) is 0 Å². The minimum atomic E-state index is -0.684. The van der Waals surface area contributed by atoms with Gasteiger partial charge in [0.25, 0.3) is 5.91 Å². The number of amides is 1. The highest BCUT2D eigenvalue weighted by Gasteiger charge is 2.29. The van der Waals surface area contributed by atoms with Crippen LogP contribution in [0.2, 0.25) is 0 Å². The van der Waals surface area contributed by atoms with Crippen LogP contribution in [0.15, 0.2) is 60.7 Å². The summed E-state index contributed by atoms with van der Waals surface area (Å²) in [4.78, 5) is 40.2. The Morgan fingerprint density at radius 1 is 0.939 bits per heavy atom. The zero-order valence-electron chi connectivity index (χ0n) is 19.2. The summed E-state index contributed by atoms with van der Waals surface area (Å²) < 4.78 is 7.53. The van der Waals surface area contributed by atoms with Gasteiger partial charge in [0.05, 0.1) is 11.1 Å². The Balaban J connectivity index is 1.44. The third-order valence-corrected chi connectivity index (χ3v) is 6.02. The van der Waals surface area contributed by atoms with Crippen molar-refractivity contribution >= 4 is 17.7 Å². The molecule has 1 amide bonds. The van der Waals surface area contributed by atoms with Gasteiger partial charge < -0.3 is 14.2 Å². The largest absolute Gasteiger partial charge is 0.454 e. The molecule has 3 aromatic rings. The monoisotopic (exact) mass is 444 g/mol. The van der Waals surface area contributed by atoms with Crippen LogP contribution in [-0.2, 0) is 11.3 Å². The van der Waals surface area contributed by atoms with Crippen molar-refractivity contribution < 1.29 is 19.1 Å². The van der Waals surface area contributed by atoms with Gasteiger partial charge in [-0.25, -0.2) is 4.79 Å². The molecule has 1 aromatic heterocycles. The van der Waals surface area contributed by atoms with Crippen LogP contribution in [0.1, 0.15) is 66.9 Å². The molecule has 6 heteroatoms. The number of ether oxygens (including phenoxy) is 1. The Morgan fingerprint density at radius 2 is 1.58 bits per heavy atom. The maximum absolute atomic E-state index is 13.0. The molecule has 0 atom stereocenters. The van der Waals surface area contributed by atoms with E-state index in [1.807, 2.05) is 50.2 Å². The van der Waals surface area contributed by atoms with Crippen molar-refractivity contribution in [3.05, 3.63) is 94.3 Å². The summed E-state index contributed by atoms with van der Waals surface area (Å²) >= 11 is 0. The predicted octanol–water partition coefficient (Wildman–Crippen LogP) is 4.75. The van der Waals surface area contributed by atoms with Gasteiger partial charge in [-0.3, -0.25) is 9.59 Å². The predicted molar refractivity (Wildman–Crippen MR) is 125 cm³/mol. The number of benzene rings is 2. The molecule has 0 unspecified atom stereocenters. The molecule has 33 heavy (non-hydrogen) atoms. The normalized spacial score (nSPS) is 12.9. The quantitative estimate of drug-likeness (QED) is 0.371. The van der Waals surface area contributed by atoms with Crippen molar-refractivity contribution in [3.8, 4) is 0 Å². The molecule has 6 nitrogen and oxygen atoms in total. The molecule has 1 heterocycles. The molecule has 1 aliphatic rings. The van der Waals surface area contributed by atoms with Crippen LogP contribution in [-0.4, -0.2) is 40.8 Å². The minimum absolute atomic E-state index is 0.152. The summed E-state index contributed by atoms with van der Waals surface area (Å²) in [6.45, 7) is 3.97. The molecule has 0 aliphatic heterocycles. The molecule has 0 saturated heterocycles. The fourth-order valence-corrected chi connectivity index (χ4v) is 4.22. The molecule has 1 aliphatic carbocycles. The van der Waals surface area contributed by atoms with Gasteiger partial charge >= 0.3 is 5.97 Å². The second-order valence-electron chi connectivity index (χ2n) is 8.58. The molecule has 0 spiro atoms. The van der Waals surface area contributed by atoms with Crippen LogP contribution >= 0.6 is 0 Å². The molecule has 2 aromatic carbocycles. The number of carbonyl (C=O) groups is 3. The van der Waals surface area contributed by atoms with E-state index in [9.17, 15) is 14.4 Å². The lowest BCUT2D eigenvalue weighted by Gasteiger charge is -2.19. The molecule has 1 fully saturated rings. The SMILES string of the molecule is Cc1cc(C(=O)COC(=O)c2ccccc2C(=O)N(C)Cc2ccccc2)c(C)n1C1CC1. The van der Waals surface area contributed by atoms with Gasteiger partial charge in [0.15, 0.2) is 6.61 Å². The van der Waals surface area contributed by atoms with Crippen molar-refractivity contribution in [1.82, 2.24) is 9.47 Å². The van der Waals surface area contributed by atoms with Gasteiger partial charge in [0, 0.05) is 36.6 Å². The summed E-state index contributed by atoms with van der Waals surface area (Å²) in [5.41, 5.74) is 3.93. The second kappa shape index (κ2) is 9.45. The van der Waals surface area contributed by atoms with Crippen LogP contribution in [0.4, 0.5) is 0 Å². The Bertz CT molecular complexity index is 1190. The molecular weight excluding hydrogens is 416 g/mol. The fourth-order valence-electron chi connectivity index (χ4n) is 4.22. The smallest absolute Gasteiger partial charge is 0.339 e. The lowest BCUT2D eigenvalue weighted by atomic mass is 10.1. The number of aryl methyl sites for hydroxylation is 1. The maximum Gasteiger partial charge on any atom is 0.339 e. The van der Waals surface area contributed by atoms with E-state index < -0.39 is 5.97 Å². The van der Waals surface area contributed by atoms with E-state index in [-0.39, 0.29) is 29.4 Å². The van der Waals surface area contributed by atoms with Gasteiger partial charge in [0.2, 0.25) is 5.78 Å². The Morgan fingerprint density at radius 3 is 2.24 bits per heavy atom. The number of nitrogens with zero attached hydrogens (tertiary/aromatic N) is 2. The molecule has 0 radical (unpaired) electrons. The zero-order valence-corrected chi connectivity index (χ0v) is 19.2. The zero-order chi connectivity index (χ0) is 23.5. The van der Waals surface area contributed by atoms with Crippen LogP contribution in [0.25, 0.3) is 0 Å². The van der Waals surface area contributed by atoms with Crippen molar-refractivity contribution in [2.24, 2.45) is 0 Å². The van der Waals surface area contributed by atoms with Gasteiger partial charge in [-0.05, 0) is 50.5 Å². The third kappa shape index (κ3) is 4.90. The van der Waals surface area contributed by atoms with Crippen molar-refractivity contribution in [2.45, 2.75) is 39.3 Å². The first kappa shape index (κ1) is 22.5. The molecular formula is C27H28N2O4. The highest BCUT2D eigenvalue weighted by molar-refractivity contribution is 6.06. The first-order chi connectivity index (χ1) is 15.9. The Hall–Kier alpha value is -3.67. The number of esters is 1. The minimum Gasteiger partial charge on any atom is -0.454 e. The number of ketones is 1. The van der Waals surface area contributed by atoms with Gasteiger partial charge in [-0.2, -0.15) is 0 Å². The number of rotatable bonds is 8. The molecule has 0 N–H and O–H groups in total. The molecule has 4 rings (SSSR count). The summed E-state index contributed by atoms with van der Waals surface area (Å²) in [5, 5.41) is 0. The van der Waals surface area contributed by atoms with E-state index in [0.29, 0.717) is 18.2 Å². The fraction of sp³-hybridized carbons (Fsp3) is 0.296. The van der Waals surface area contributed by atoms with Crippen LogP contribution < -0.4 is 0 Å². The summed E-state index contributed by atoms with van der Waals surface area (Å²) in [7, 11) is 1.69. The summed E-state index contributed by atoms with van der Waals surface area (Å²) in [5.74, 6) is -1.21. The Labute approximate surface area is 193 Å². The summed E-state index contributed by atoms with van der Waals surface area (Å²) in [6.07, 6.45) is 2.25. The van der Waals surface area contributed by atoms with Gasteiger partial charge in [-0.15, -0.1) is 0 Å². The van der Waals surface area contributed by atoms with E-state index >= 15 is 0 Å². The molecule has 1 saturated carbocycles. The van der Waals surface area contributed by atoms with E-state index in [2.05, 4.69) is 4.57 Å². The van der Waals surface area contributed by atoms with E-state index in [4.69, 9.17) is 4.74 Å². The maximum atomic E-state index is 13.0. The van der Waals surface area contributed by atoms with Gasteiger partial charge in [0.1, 0.15) is 0 Å². The van der Waals surface area contributed by atoms with E-state index in [0.717, 1.165) is 29.8 Å². The number of hydrogen-bond donors (Lipinski definition) is 0. The first-order valence-electron chi connectivity index (χ1n) is 11.1. The average molecular weight is 445 g/mol. The number of hydrogen-bond acceptors (Lipinski definition) is 4. The second-order valence-corrected chi connectivity index (χ2v) is 8.58.